The van der Waals surface area contributed by atoms with E-state index in [1.165, 1.54) is 22.3 Å². The molecule has 0 fully saturated rings. The largest absolute Gasteiger partial charge is 0.493 e. The Morgan fingerprint density at radius 1 is 0.423 bits per heavy atom. The van der Waals surface area contributed by atoms with Crippen molar-refractivity contribution in [2.45, 2.75) is 37.8 Å². The zero-order chi connectivity index (χ0) is 37.1. The van der Waals surface area contributed by atoms with Gasteiger partial charge in [-0.3, -0.25) is 9.80 Å². The van der Waals surface area contributed by atoms with Crippen LogP contribution in [0.5, 0.6) is 46.0 Å². The van der Waals surface area contributed by atoms with Crippen molar-refractivity contribution in [3.63, 3.8) is 0 Å². The molecule has 6 rings (SSSR count). The third-order valence-electron chi connectivity index (χ3n) is 10.9. The monoisotopic (exact) mass is 712 g/mol. The van der Waals surface area contributed by atoms with Gasteiger partial charge in [0.15, 0.2) is 46.0 Å². The lowest BCUT2D eigenvalue weighted by Gasteiger charge is -2.36. The fourth-order valence-corrected chi connectivity index (χ4v) is 7.94. The predicted molar refractivity (Wildman–Crippen MR) is 203 cm³/mol. The van der Waals surface area contributed by atoms with Gasteiger partial charge in [0.25, 0.3) is 0 Å². The summed E-state index contributed by atoms with van der Waals surface area (Å²) in [7, 11) is 17.8. The van der Waals surface area contributed by atoms with E-state index in [-0.39, 0.29) is 12.1 Å². The van der Waals surface area contributed by atoms with Crippen LogP contribution in [-0.4, -0.2) is 93.9 Å². The maximum absolute atomic E-state index is 5.92. The van der Waals surface area contributed by atoms with Crippen molar-refractivity contribution >= 4 is 0 Å². The van der Waals surface area contributed by atoms with Crippen LogP contribution in [0, 0.1) is 0 Å². The average Bonchev–Trinajstić information content (AvgIpc) is 3.18. The summed E-state index contributed by atoms with van der Waals surface area (Å²) in [5, 5.41) is 0. The molecule has 0 N–H and O–H groups in total. The van der Waals surface area contributed by atoms with Crippen LogP contribution in [0.1, 0.15) is 45.5 Å². The minimum Gasteiger partial charge on any atom is -0.493 e. The SMILES string of the molecule is COc1cc(C[C@@H]2c3cc(OC)c(OC)cc3CCN2C)c(-c2cc(OC)c(OC)cc2C[C@@H]2c3cc(OC)c(OC)cc3CCN2C)cc1OC. The van der Waals surface area contributed by atoms with Gasteiger partial charge in [-0.25, -0.2) is 0 Å². The van der Waals surface area contributed by atoms with Crippen LogP contribution in [0.2, 0.25) is 0 Å². The highest BCUT2D eigenvalue weighted by molar-refractivity contribution is 5.77. The molecule has 0 radical (unpaired) electrons. The normalized spacial score (nSPS) is 17.1. The molecule has 0 aromatic heterocycles. The van der Waals surface area contributed by atoms with Gasteiger partial charge in [-0.15, -0.1) is 0 Å². The van der Waals surface area contributed by atoms with Crippen LogP contribution in [0.3, 0.4) is 0 Å². The second-order valence-corrected chi connectivity index (χ2v) is 13.4. The molecule has 10 nitrogen and oxygen atoms in total. The number of benzene rings is 4. The Hall–Kier alpha value is -4.80. The molecule has 0 saturated carbocycles. The molecular formula is C42H52N2O8. The molecular weight excluding hydrogens is 660 g/mol. The van der Waals surface area contributed by atoms with Gasteiger partial charge in [-0.2, -0.15) is 0 Å². The van der Waals surface area contributed by atoms with E-state index < -0.39 is 0 Å². The molecule has 4 aromatic rings. The zero-order valence-electron chi connectivity index (χ0n) is 32.2. The first kappa shape index (κ1) is 37.0. The quantitative estimate of drug-likeness (QED) is 0.145. The van der Waals surface area contributed by atoms with Crippen molar-refractivity contribution < 1.29 is 37.9 Å². The van der Waals surface area contributed by atoms with E-state index in [9.17, 15) is 0 Å². The van der Waals surface area contributed by atoms with Gasteiger partial charge in [0.2, 0.25) is 0 Å². The molecule has 0 saturated heterocycles. The number of nitrogens with zero attached hydrogens (tertiary/aromatic N) is 2. The van der Waals surface area contributed by atoms with Gasteiger partial charge in [0, 0.05) is 25.2 Å². The minimum atomic E-state index is 0.0720. The topological polar surface area (TPSA) is 80.3 Å². The lowest BCUT2D eigenvalue weighted by Crippen LogP contribution is -2.34. The highest BCUT2D eigenvalue weighted by Crippen LogP contribution is 2.47. The smallest absolute Gasteiger partial charge is 0.161 e. The molecule has 0 amide bonds. The first-order chi connectivity index (χ1) is 25.2. The molecule has 0 bridgehead atoms. The van der Waals surface area contributed by atoms with Gasteiger partial charge in [0.05, 0.1) is 56.9 Å². The Bertz CT molecular complexity index is 1770. The molecule has 4 aromatic carbocycles. The Kier molecular flexibility index (Phi) is 11.3. The van der Waals surface area contributed by atoms with E-state index in [1.807, 2.05) is 0 Å². The van der Waals surface area contributed by atoms with Gasteiger partial charge in [0.1, 0.15) is 0 Å². The van der Waals surface area contributed by atoms with Gasteiger partial charge < -0.3 is 37.9 Å². The predicted octanol–water partition coefficient (Wildman–Crippen LogP) is 6.97. The maximum Gasteiger partial charge on any atom is 0.161 e. The van der Waals surface area contributed by atoms with Crippen molar-refractivity contribution in [1.82, 2.24) is 9.80 Å². The van der Waals surface area contributed by atoms with Crippen LogP contribution in [0.25, 0.3) is 11.1 Å². The second-order valence-electron chi connectivity index (χ2n) is 13.4. The van der Waals surface area contributed by atoms with Crippen molar-refractivity contribution in [1.29, 1.82) is 0 Å². The molecule has 2 aliphatic rings. The summed E-state index contributed by atoms with van der Waals surface area (Å²) in [5.41, 5.74) is 9.31. The Labute approximate surface area is 308 Å². The van der Waals surface area contributed by atoms with E-state index in [0.29, 0.717) is 35.8 Å². The molecule has 2 atom stereocenters. The van der Waals surface area contributed by atoms with Crippen LogP contribution in [0.4, 0.5) is 0 Å². The fourth-order valence-electron chi connectivity index (χ4n) is 7.94. The Morgan fingerprint density at radius 2 is 0.712 bits per heavy atom. The van der Waals surface area contributed by atoms with Crippen molar-refractivity contribution in [3.8, 4) is 57.1 Å². The summed E-state index contributed by atoms with van der Waals surface area (Å²) in [4.78, 5) is 4.83. The fraction of sp³-hybridized carbons (Fsp3) is 0.429. The Morgan fingerprint density at radius 3 is 1.04 bits per heavy atom. The van der Waals surface area contributed by atoms with Crippen molar-refractivity contribution in [2.75, 3.05) is 84.1 Å². The summed E-state index contributed by atoms with van der Waals surface area (Å²) >= 11 is 0. The van der Waals surface area contributed by atoms with Gasteiger partial charge in [-0.05, 0) is 133 Å². The summed E-state index contributed by atoms with van der Waals surface area (Å²) in [6.45, 7) is 1.83. The van der Waals surface area contributed by atoms with E-state index in [1.54, 1.807) is 56.9 Å². The van der Waals surface area contributed by atoms with Crippen molar-refractivity contribution in [3.05, 3.63) is 81.9 Å². The number of ether oxygens (including phenoxy) is 8. The van der Waals surface area contributed by atoms with Crippen molar-refractivity contribution in [2.24, 2.45) is 0 Å². The summed E-state index contributed by atoms with van der Waals surface area (Å²) < 4.78 is 46.5. The third kappa shape index (κ3) is 6.89. The number of hydrogen-bond donors (Lipinski definition) is 0. The second kappa shape index (κ2) is 15.8. The maximum atomic E-state index is 5.92. The molecule has 278 valence electrons. The molecule has 0 aliphatic carbocycles. The summed E-state index contributed by atoms with van der Waals surface area (Å²) in [5.74, 6) is 5.61. The molecule has 0 unspecified atom stereocenters. The number of hydrogen-bond acceptors (Lipinski definition) is 10. The van der Waals surface area contributed by atoms with E-state index in [2.05, 4.69) is 72.4 Å². The highest BCUT2D eigenvalue weighted by Gasteiger charge is 2.32. The van der Waals surface area contributed by atoms with Gasteiger partial charge in [-0.1, -0.05) is 0 Å². The molecule has 0 spiro atoms. The zero-order valence-corrected chi connectivity index (χ0v) is 32.2. The summed E-state index contributed by atoms with van der Waals surface area (Å²) in [6.07, 6.45) is 3.28. The number of rotatable bonds is 13. The van der Waals surface area contributed by atoms with E-state index in [4.69, 9.17) is 37.9 Å². The van der Waals surface area contributed by atoms with Crippen LogP contribution in [-0.2, 0) is 25.7 Å². The van der Waals surface area contributed by atoms with Crippen LogP contribution < -0.4 is 37.9 Å². The molecule has 2 heterocycles. The first-order valence-corrected chi connectivity index (χ1v) is 17.6. The lowest BCUT2D eigenvalue weighted by molar-refractivity contribution is 0.227. The molecule has 2 aliphatic heterocycles. The molecule has 10 heteroatoms. The van der Waals surface area contributed by atoms with Crippen LogP contribution >= 0.6 is 0 Å². The lowest BCUT2D eigenvalue weighted by atomic mass is 9.83. The summed E-state index contributed by atoms with van der Waals surface area (Å²) in [6, 6.07) is 17.1. The standard InChI is InChI=1S/C42H52N2O8/c1-43-13-11-25-17-35(45-3)41(51-9)23-31(25)33(43)15-27-19-37(47-5)39(49-7)21-29(27)30-22-40(50-8)38(48-6)20-28(30)16-34-32-24-42(52-10)36(46-4)18-26(32)12-14-44(34)2/h17-24,33-34H,11-16H2,1-10H3/t33-,34-/m1/s1. The average molecular weight is 713 g/mol. The number of methoxy groups -OCH3 is 8. The number of fused-ring (bicyclic) bond motifs is 2. The van der Waals surface area contributed by atoms with E-state index in [0.717, 1.165) is 71.2 Å². The third-order valence-corrected chi connectivity index (χ3v) is 10.9. The van der Waals surface area contributed by atoms with E-state index >= 15 is 0 Å². The van der Waals surface area contributed by atoms with Gasteiger partial charge >= 0.3 is 0 Å². The Balaban J connectivity index is 1.53. The number of likely N-dealkylation sites (N-methyl/N-ethyl adjacent to an activating group) is 2. The molecule has 52 heavy (non-hydrogen) atoms. The highest BCUT2D eigenvalue weighted by atomic mass is 16.5. The van der Waals surface area contributed by atoms with Crippen LogP contribution in [0.15, 0.2) is 48.5 Å². The minimum absolute atomic E-state index is 0.0720. The first-order valence-electron chi connectivity index (χ1n) is 17.6.